The molecule has 0 saturated carbocycles. The number of carbonyl (C=O) groups excluding carboxylic acids is 1. The van der Waals surface area contributed by atoms with Gasteiger partial charge in [-0.3, -0.25) is 5.32 Å². The molecule has 0 aliphatic rings. The van der Waals surface area contributed by atoms with Gasteiger partial charge in [-0.15, -0.1) is 0 Å². The summed E-state index contributed by atoms with van der Waals surface area (Å²) in [5, 5.41) is 11.9. The fourth-order valence-corrected chi connectivity index (χ4v) is 2.34. The van der Waals surface area contributed by atoms with Crippen molar-refractivity contribution in [3.63, 3.8) is 0 Å². The van der Waals surface area contributed by atoms with Crippen molar-refractivity contribution in [3.05, 3.63) is 47.5 Å². The number of anilines is 1. The number of aromatic carboxylic acids is 1. The number of benzene rings is 2. The number of methoxy groups -OCH3 is 3. The summed E-state index contributed by atoms with van der Waals surface area (Å²) in [5.74, 6) is -1.07. The summed E-state index contributed by atoms with van der Waals surface area (Å²) >= 11 is 0. The van der Waals surface area contributed by atoms with Gasteiger partial charge in [0.25, 0.3) is 0 Å². The molecule has 0 atom stereocenters. The quantitative estimate of drug-likeness (QED) is 0.781. The van der Waals surface area contributed by atoms with Crippen molar-refractivity contribution in [1.82, 2.24) is 0 Å². The van der Waals surface area contributed by atoms with Gasteiger partial charge < -0.3 is 24.1 Å². The van der Waals surface area contributed by atoms with E-state index in [1.54, 1.807) is 12.1 Å². The molecule has 2 rings (SSSR count). The molecule has 2 aromatic carbocycles. The Labute approximate surface area is 150 Å². The highest BCUT2D eigenvalue weighted by Gasteiger charge is 2.26. The average molecular weight is 361 g/mol. The smallest absolute Gasteiger partial charge is 0.411 e. The molecular weight excluding hydrogens is 342 g/mol. The van der Waals surface area contributed by atoms with Crippen LogP contribution in [-0.2, 0) is 11.3 Å². The lowest BCUT2D eigenvalue weighted by Gasteiger charge is -2.18. The van der Waals surface area contributed by atoms with Crippen LogP contribution in [0.3, 0.4) is 0 Å². The van der Waals surface area contributed by atoms with Gasteiger partial charge in [-0.25, -0.2) is 9.59 Å². The van der Waals surface area contributed by atoms with E-state index in [-0.39, 0.29) is 35.1 Å². The van der Waals surface area contributed by atoms with E-state index >= 15 is 0 Å². The third kappa shape index (κ3) is 4.15. The zero-order chi connectivity index (χ0) is 19.1. The van der Waals surface area contributed by atoms with E-state index in [0.717, 1.165) is 5.56 Å². The first-order chi connectivity index (χ1) is 12.5. The summed E-state index contributed by atoms with van der Waals surface area (Å²) in [6, 6.07) is 10.4. The Kier molecular flexibility index (Phi) is 6.26. The van der Waals surface area contributed by atoms with Crippen molar-refractivity contribution >= 4 is 17.7 Å². The Morgan fingerprint density at radius 3 is 2.19 bits per heavy atom. The molecule has 8 heteroatoms. The molecule has 0 unspecified atom stereocenters. The highest BCUT2D eigenvalue weighted by molar-refractivity contribution is 6.03. The summed E-state index contributed by atoms with van der Waals surface area (Å²) in [5.41, 5.74) is 0.484. The van der Waals surface area contributed by atoms with Crippen molar-refractivity contribution in [2.24, 2.45) is 0 Å². The molecule has 0 radical (unpaired) electrons. The van der Waals surface area contributed by atoms with Crippen LogP contribution in [0.4, 0.5) is 10.5 Å². The van der Waals surface area contributed by atoms with E-state index in [1.165, 1.54) is 27.4 Å². The first-order valence-corrected chi connectivity index (χ1v) is 7.55. The van der Waals surface area contributed by atoms with Crippen molar-refractivity contribution < 1.29 is 33.6 Å². The minimum atomic E-state index is -1.30. The fourth-order valence-electron chi connectivity index (χ4n) is 2.34. The van der Waals surface area contributed by atoms with Gasteiger partial charge >= 0.3 is 12.1 Å². The lowest BCUT2D eigenvalue weighted by molar-refractivity contribution is 0.0693. The van der Waals surface area contributed by atoms with Crippen LogP contribution in [0.15, 0.2) is 36.4 Å². The molecule has 0 saturated heterocycles. The molecular formula is C18H19NO7. The maximum atomic E-state index is 12.1. The van der Waals surface area contributed by atoms with Gasteiger partial charge in [0.1, 0.15) is 12.2 Å². The molecule has 0 aliphatic heterocycles. The Bertz CT molecular complexity index is 790. The molecule has 0 heterocycles. The molecule has 0 spiro atoms. The predicted molar refractivity (Wildman–Crippen MR) is 93.3 cm³/mol. The van der Waals surface area contributed by atoms with E-state index in [2.05, 4.69) is 5.32 Å². The second-order valence-corrected chi connectivity index (χ2v) is 5.06. The lowest BCUT2D eigenvalue weighted by Crippen LogP contribution is -2.17. The first-order valence-electron chi connectivity index (χ1n) is 7.55. The van der Waals surface area contributed by atoms with Crippen molar-refractivity contribution in [2.45, 2.75) is 6.61 Å². The zero-order valence-electron chi connectivity index (χ0n) is 14.6. The topological polar surface area (TPSA) is 103 Å². The molecule has 8 nitrogen and oxygen atoms in total. The van der Waals surface area contributed by atoms with E-state index in [9.17, 15) is 14.7 Å². The Morgan fingerprint density at radius 1 is 1.00 bits per heavy atom. The van der Waals surface area contributed by atoms with Gasteiger partial charge in [0.2, 0.25) is 5.75 Å². The van der Waals surface area contributed by atoms with Crippen LogP contribution in [0.25, 0.3) is 0 Å². The zero-order valence-corrected chi connectivity index (χ0v) is 14.6. The third-order valence-electron chi connectivity index (χ3n) is 3.49. The summed E-state index contributed by atoms with van der Waals surface area (Å²) in [6.07, 6.45) is -0.814. The molecule has 2 aromatic rings. The van der Waals surface area contributed by atoms with Gasteiger partial charge in [0.05, 0.1) is 27.0 Å². The van der Waals surface area contributed by atoms with Crippen LogP contribution in [0.1, 0.15) is 15.9 Å². The number of hydrogen-bond donors (Lipinski definition) is 2. The van der Waals surface area contributed by atoms with Crippen LogP contribution in [0.5, 0.6) is 17.2 Å². The molecule has 2 N–H and O–H groups in total. The van der Waals surface area contributed by atoms with Crippen molar-refractivity contribution in [2.75, 3.05) is 26.6 Å². The summed E-state index contributed by atoms with van der Waals surface area (Å²) in [6.45, 7) is 0.0412. The van der Waals surface area contributed by atoms with E-state index < -0.39 is 12.1 Å². The molecule has 0 bridgehead atoms. The standard InChI is InChI=1S/C18H19NO7/c1-23-13-9-12(14(17(20)21)16(25-3)15(13)24-2)19-18(22)26-10-11-7-5-4-6-8-11/h4-9H,10H2,1-3H3,(H,19,22)(H,20,21). The summed E-state index contributed by atoms with van der Waals surface area (Å²) in [4.78, 5) is 23.7. The number of amides is 1. The third-order valence-corrected chi connectivity index (χ3v) is 3.49. The number of hydrogen-bond acceptors (Lipinski definition) is 6. The van der Waals surface area contributed by atoms with Crippen molar-refractivity contribution in [3.8, 4) is 17.2 Å². The molecule has 0 fully saturated rings. The molecule has 0 aliphatic carbocycles. The Balaban J connectivity index is 2.29. The molecule has 0 aromatic heterocycles. The maximum absolute atomic E-state index is 12.1. The highest BCUT2D eigenvalue weighted by atomic mass is 16.5. The number of nitrogens with one attached hydrogen (secondary N) is 1. The minimum absolute atomic E-state index is 0.0370. The normalized spacial score (nSPS) is 9.96. The first kappa shape index (κ1) is 18.9. The average Bonchev–Trinajstić information content (AvgIpc) is 2.65. The Morgan fingerprint density at radius 2 is 1.65 bits per heavy atom. The second-order valence-electron chi connectivity index (χ2n) is 5.06. The minimum Gasteiger partial charge on any atom is -0.493 e. The van der Waals surface area contributed by atoms with Crippen LogP contribution in [0.2, 0.25) is 0 Å². The fraction of sp³-hybridized carbons (Fsp3) is 0.222. The number of rotatable bonds is 7. The lowest BCUT2D eigenvalue weighted by atomic mass is 10.1. The highest BCUT2D eigenvalue weighted by Crippen LogP contribution is 2.44. The number of carboxylic acid groups (broad SMARTS) is 1. The largest absolute Gasteiger partial charge is 0.493 e. The molecule has 138 valence electrons. The predicted octanol–water partition coefficient (Wildman–Crippen LogP) is 3.16. The van der Waals surface area contributed by atoms with Gasteiger partial charge in [0.15, 0.2) is 11.5 Å². The van der Waals surface area contributed by atoms with E-state index in [1.807, 2.05) is 18.2 Å². The molecule has 1 amide bonds. The SMILES string of the molecule is COc1cc(NC(=O)OCc2ccccc2)c(C(=O)O)c(OC)c1OC. The van der Waals surface area contributed by atoms with Gasteiger partial charge in [-0.1, -0.05) is 30.3 Å². The number of carboxylic acids is 1. The van der Waals surface area contributed by atoms with Crippen LogP contribution >= 0.6 is 0 Å². The van der Waals surface area contributed by atoms with Crippen LogP contribution in [0, 0.1) is 0 Å². The second kappa shape index (κ2) is 8.61. The van der Waals surface area contributed by atoms with E-state index in [0.29, 0.717) is 0 Å². The van der Waals surface area contributed by atoms with Gasteiger partial charge in [-0.2, -0.15) is 0 Å². The van der Waals surface area contributed by atoms with Gasteiger partial charge in [0, 0.05) is 6.07 Å². The van der Waals surface area contributed by atoms with Gasteiger partial charge in [-0.05, 0) is 5.56 Å². The summed E-state index contributed by atoms with van der Waals surface area (Å²) < 4.78 is 20.6. The summed E-state index contributed by atoms with van der Waals surface area (Å²) in [7, 11) is 4.03. The Hall–Kier alpha value is -3.42. The molecule has 26 heavy (non-hydrogen) atoms. The van der Waals surface area contributed by atoms with Crippen LogP contribution < -0.4 is 19.5 Å². The number of ether oxygens (including phenoxy) is 4. The maximum Gasteiger partial charge on any atom is 0.411 e. The van der Waals surface area contributed by atoms with Crippen molar-refractivity contribution in [1.29, 1.82) is 0 Å². The number of carbonyl (C=O) groups is 2. The van der Waals surface area contributed by atoms with E-state index in [4.69, 9.17) is 18.9 Å². The monoisotopic (exact) mass is 361 g/mol. The van der Waals surface area contributed by atoms with Crippen LogP contribution in [-0.4, -0.2) is 38.5 Å².